The van der Waals surface area contributed by atoms with Gasteiger partial charge in [-0.2, -0.15) is 5.10 Å². The minimum absolute atomic E-state index is 0.250. The second-order valence-electron chi connectivity index (χ2n) is 3.76. The number of rotatable bonds is 3. The molecule has 0 aliphatic carbocycles. The summed E-state index contributed by atoms with van der Waals surface area (Å²) in [6.45, 7) is 0.250. The number of carbonyl (C=O) groups is 1. The Labute approximate surface area is 109 Å². The van der Waals surface area contributed by atoms with Gasteiger partial charge in [0.2, 0.25) is 0 Å². The van der Waals surface area contributed by atoms with Crippen molar-refractivity contribution < 1.29 is 4.79 Å². The monoisotopic (exact) mass is 265 g/mol. The molecule has 0 unspecified atom stereocenters. The van der Waals surface area contributed by atoms with Crippen LogP contribution in [0.5, 0.6) is 0 Å². The third-order valence-electron chi connectivity index (χ3n) is 2.29. The van der Waals surface area contributed by atoms with Gasteiger partial charge >= 0.3 is 0 Å². The first-order valence-corrected chi connectivity index (χ1v) is 5.62. The smallest absolute Gasteiger partial charge is 0.253 e. The van der Waals surface area contributed by atoms with Crippen molar-refractivity contribution in [1.82, 2.24) is 20.1 Å². The van der Waals surface area contributed by atoms with Crippen LogP contribution in [-0.4, -0.2) is 20.7 Å². The number of nitrogens with one attached hydrogen (secondary N) is 1. The third-order valence-corrected chi connectivity index (χ3v) is 2.60. The molecule has 0 aliphatic rings. The SMILES string of the molecule is Cn1cnc(CNC(=O)c2ccc(N)cc2Cl)n1. The van der Waals surface area contributed by atoms with Crippen molar-refractivity contribution in [2.45, 2.75) is 6.54 Å². The molecule has 2 aromatic rings. The van der Waals surface area contributed by atoms with Crippen molar-refractivity contribution in [3.05, 3.63) is 40.9 Å². The van der Waals surface area contributed by atoms with Gasteiger partial charge < -0.3 is 11.1 Å². The van der Waals surface area contributed by atoms with E-state index >= 15 is 0 Å². The molecule has 1 aromatic heterocycles. The second kappa shape index (κ2) is 5.05. The van der Waals surface area contributed by atoms with Gasteiger partial charge in [0.05, 0.1) is 17.1 Å². The lowest BCUT2D eigenvalue weighted by Gasteiger charge is -2.05. The van der Waals surface area contributed by atoms with E-state index in [0.29, 0.717) is 22.1 Å². The number of hydrogen-bond donors (Lipinski definition) is 2. The highest BCUT2D eigenvalue weighted by molar-refractivity contribution is 6.34. The van der Waals surface area contributed by atoms with E-state index in [0.717, 1.165) is 0 Å². The maximum absolute atomic E-state index is 11.9. The lowest BCUT2D eigenvalue weighted by Crippen LogP contribution is -2.23. The summed E-state index contributed by atoms with van der Waals surface area (Å²) >= 11 is 5.93. The van der Waals surface area contributed by atoms with Gasteiger partial charge in [-0.1, -0.05) is 11.6 Å². The molecule has 0 atom stereocenters. The number of hydrogen-bond acceptors (Lipinski definition) is 4. The van der Waals surface area contributed by atoms with Gasteiger partial charge in [0.25, 0.3) is 5.91 Å². The molecule has 2 rings (SSSR count). The number of anilines is 1. The first-order chi connectivity index (χ1) is 8.56. The van der Waals surface area contributed by atoms with Crippen LogP contribution in [0.15, 0.2) is 24.5 Å². The fourth-order valence-corrected chi connectivity index (χ4v) is 1.71. The van der Waals surface area contributed by atoms with E-state index in [-0.39, 0.29) is 12.5 Å². The molecule has 1 amide bonds. The van der Waals surface area contributed by atoms with E-state index in [9.17, 15) is 4.79 Å². The van der Waals surface area contributed by atoms with Gasteiger partial charge in [-0.15, -0.1) is 0 Å². The summed E-state index contributed by atoms with van der Waals surface area (Å²) in [7, 11) is 1.76. The molecule has 0 bridgehead atoms. The van der Waals surface area contributed by atoms with Crippen LogP contribution in [-0.2, 0) is 13.6 Å². The molecule has 0 radical (unpaired) electrons. The Morgan fingerprint density at radius 2 is 2.33 bits per heavy atom. The molecule has 0 fully saturated rings. The zero-order chi connectivity index (χ0) is 13.1. The molecule has 0 spiro atoms. The lowest BCUT2D eigenvalue weighted by atomic mass is 10.2. The van der Waals surface area contributed by atoms with Gasteiger partial charge in [0.15, 0.2) is 5.82 Å². The predicted octanol–water partition coefficient (Wildman–Crippen LogP) is 0.981. The van der Waals surface area contributed by atoms with Crippen LogP contribution in [0.4, 0.5) is 5.69 Å². The van der Waals surface area contributed by atoms with E-state index < -0.39 is 0 Å². The van der Waals surface area contributed by atoms with Crippen LogP contribution in [0.3, 0.4) is 0 Å². The number of amides is 1. The van der Waals surface area contributed by atoms with Crippen LogP contribution < -0.4 is 11.1 Å². The molecule has 18 heavy (non-hydrogen) atoms. The number of benzene rings is 1. The number of halogens is 1. The predicted molar refractivity (Wildman–Crippen MR) is 68.0 cm³/mol. The van der Waals surface area contributed by atoms with E-state index in [4.69, 9.17) is 17.3 Å². The lowest BCUT2D eigenvalue weighted by molar-refractivity contribution is 0.0950. The van der Waals surface area contributed by atoms with Crippen LogP contribution in [0.2, 0.25) is 5.02 Å². The summed E-state index contributed by atoms with van der Waals surface area (Å²) in [5.74, 6) is 0.255. The van der Waals surface area contributed by atoms with Crippen LogP contribution in [0.1, 0.15) is 16.2 Å². The molecule has 1 heterocycles. The first-order valence-electron chi connectivity index (χ1n) is 5.24. The first kappa shape index (κ1) is 12.4. The number of nitrogens with two attached hydrogens (primary N) is 1. The van der Waals surface area contributed by atoms with Crippen molar-refractivity contribution in [2.24, 2.45) is 7.05 Å². The molecule has 1 aromatic carbocycles. The third kappa shape index (κ3) is 2.78. The Balaban J connectivity index is 2.03. The highest BCUT2D eigenvalue weighted by Crippen LogP contribution is 2.18. The minimum atomic E-state index is -0.285. The number of carbonyl (C=O) groups excluding carboxylic acids is 1. The molecule has 3 N–H and O–H groups in total. The molecule has 6 nitrogen and oxygen atoms in total. The Bertz CT molecular complexity index is 581. The normalized spacial score (nSPS) is 10.3. The summed E-state index contributed by atoms with van der Waals surface area (Å²) in [6.07, 6.45) is 1.57. The fourth-order valence-electron chi connectivity index (χ4n) is 1.43. The molecule has 0 saturated carbocycles. The fraction of sp³-hybridized carbons (Fsp3) is 0.182. The van der Waals surface area contributed by atoms with Gasteiger partial charge in [0, 0.05) is 12.7 Å². The summed E-state index contributed by atoms with van der Waals surface area (Å²) < 4.78 is 1.57. The average Bonchev–Trinajstić information content (AvgIpc) is 2.72. The summed E-state index contributed by atoms with van der Waals surface area (Å²) in [5, 5.41) is 7.06. The topological polar surface area (TPSA) is 85.8 Å². The average molecular weight is 266 g/mol. The number of aryl methyl sites for hydroxylation is 1. The molecular weight excluding hydrogens is 254 g/mol. The maximum Gasteiger partial charge on any atom is 0.253 e. The van der Waals surface area contributed by atoms with Crippen molar-refractivity contribution in [3.63, 3.8) is 0 Å². The maximum atomic E-state index is 11.9. The highest BCUT2D eigenvalue weighted by atomic mass is 35.5. The zero-order valence-corrected chi connectivity index (χ0v) is 10.5. The number of aromatic nitrogens is 3. The minimum Gasteiger partial charge on any atom is -0.399 e. The highest BCUT2D eigenvalue weighted by Gasteiger charge is 2.10. The van der Waals surface area contributed by atoms with E-state index in [1.807, 2.05) is 0 Å². The molecule has 7 heteroatoms. The van der Waals surface area contributed by atoms with Crippen LogP contribution in [0, 0.1) is 0 Å². The summed E-state index contributed by atoms with van der Waals surface area (Å²) in [6, 6.07) is 4.74. The Kier molecular flexibility index (Phi) is 3.47. The van der Waals surface area contributed by atoms with Crippen molar-refractivity contribution in [1.29, 1.82) is 0 Å². The largest absolute Gasteiger partial charge is 0.399 e. The molecule has 0 saturated heterocycles. The summed E-state index contributed by atoms with van der Waals surface area (Å²) in [4.78, 5) is 15.9. The molecule has 0 aliphatic heterocycles. The second-order valence-corrected chi connectivity index (χ2v) is 4.16. The van der Waals surface area contributed by atoms with Gasteiger partial charge in [-0.25, -0.2) is 4.98 Å². The Morgan fingerprint density at radius 1 is 1.56 bits per heavy atom. The van der Waals surface area contributed by atoms with Gasteiger partial charge in [0.1, 0.15) is 6.33 Å². The number of nitrogens with zero attached hydrogens (tertiary/aromatic N) is 3. The van der Waals surface area contributed by atoms with Crippen LogP contribution >= 0.6 is 11.6 Å². The van der Waals surface area contributed by atoms with Gasteiger partial charge in [-0.3, -0.25) is 9.48 Å². The van der Waals surface area contributed by atoms with Crippen molar-refractivity contribution in [3.8, 4) is 0 Å². The van der Waals surface area contributed by atoms with Crippen molar-refractivity contribution >= 4 is 23.2 Å². The quantitative estimate of drug-likeness (QED) is 0.810. The molecule has 94 valence electrons. The van der Waals surface area contributed by atoms with Crippen LogP contribution in [0.25, 0.3) is 0 Å². The summed E-state index contributed by atoms with van der Waals surface area (Å²) in [5.41, 5.74) is 6.45. The number of nitrogen functional groups attached to an aromatic ring is 1. The van der Waals surface area contributed by atoms with E-state index in [1.165, 1.54) is 6.07 Å². The zero-order valence-electron chi connectivity index (χ0n) is 9.72. The Morgan fingerprint density at radius 3 is 2.94 bits per heavy atom. The standard InChI is InChI=1S/C11H12ClN5O/c1-17-6-15-10(16-17)5-14-11(18)8-3-2-7(13)4-9(8)12/h2-4,6H,5,13H2,1H3,(H,14,18). The van der Waals surface area contributed by atoms with E-state index in [1.54, 1.807) is 30.2 Å². The Hall–Kier alpha value is -2.08. The van der Waals surface area contributed by atoms with Gasteiger partial charge in [-0.05, 0) is 18.2 Å². The molecular formula is C11H12ClN5O. The van der Waals surface area contributed by atoms with E-state index in [2.05, 4.69) is 15.4 Å². The van der Waals surface area contributed by atoms with Crippen molar-refractivity contribution in [2.75, 3.05) is 5.73 Å².